The second-order valence-corrected chi connectivity index (χ2v) is 5.96. The van der Waals surface area contributed by atoms with Crippen molar-refractivity contribution in [2.75, 3.05) is 0 Å². The minimum atomic E-state index is -0.0385. The highest BCUT2D eigenvalue weighted by atomic mass is 35.5. The van der Waals surface area contributed by atoms with Gasteiger partial charge in [-0.25, -0.2) is 0 Å². The van der Waals surface area contributed by atoms with E-state index in [1.165, 1.54) is 11.3 Å². The van der Waals surface area contributed by atoms with Gasteiger partial charge in [0, 0.05) is 10.9 Å². The lowest BCUT2D eigenvalue weighted by atomic mass is 10.3. The number of hydrogen-bond acceptors (Lipinski definition) is 2. The normalized spacial score (nSPS) is 15.7. The Bertz CT molecular complexity index is 762. The van der Waals surface area contributed by atoms with Crippen LogP contribution in [-0.2, 0) is 11.3 Å². The molecular formula is C14H11ClN2OS. The summed E-state index contributed by atoms with van der Waals surface area (Å²) in [4.78, 5) is 16.7. The minimum Gasteiger partial charge on any atom is -0.305 e. The molecule has 1 fully saturated rings. The first-order valence-corrected chi connectivity index (χ1v) is 7.19. The molecule has 96 valence electrons. The summed E-state index contributed by atoms with van der Waals surface area (Å²) in [6.07, 6.45) is 7.30. The van der Waals surface area contributed by atoms with E-state index >= 15 is 0 Å². The van der Waals surface area contributed by atoms with E-state index in [0.29, 0.717) is 16.4 Å². The Morgan fingerprint density at radius 3 is 3.05 bits per heavy atom. The van der Waals surface area contributed by atoms with Gasteiger partial charge in [0.15, 0.2) is 4.80 Å². The van der Waals surface area contributed by atoms with E-state index in [4.69, 9.17) is 18.0 Å². The zero-order valence-electron chi connectivity index (χ0n) is 10.1. The van der Waals surface area contributed by atoms with E-state index in [9.17, 15) is 4.79 Å². The molecule has 0 spiro atoms. The van der Waals surface area contributed by atoms with Crippen molar-refractivity contribution in [3.05, 3.63) is 28.0 Å². The number of hydrogen-bond donors (Lipinski definition) is 0. The first-order chi connectivity index (χ1) is 9.19. The molecule has 5 heteroatoms. The van der Waals surface area contributed by atoms with Gasteiger partial charge in [0.2, 0.25) is 0 Å². The maximum Gasteiger partial charge on any atom is 0.251 e. The second kappa shape index (κ2) is 4.84. The Morgan fingerprint density at radius 2 is 2.37 bits per heavy atom. The van der Waals surface area contributed by atoms with Crippen LogP contribution in [0.2, 0.25) is 5.02 Å². The van der Waals surface area contributed by atoms with Crippen molar-refractivity contribution in [3.63, 3.8) is 0 Å². The molecule has 0 unspecified atom stereocenters. The molecule has 0 bridgehead atoms. The third kappa shape index (κ3) is 2.44. The Labute approximate surface area is 119 Å². The van der Waals surface area contributed by atoms with Gasteiger partial charge in [0.05, 0.1) is 16.8 Å². The number of nitrogens with zero attached hydrogens (tertiary/aromatic N) is 2. The lowest BCUT2D eigenvalue weighted by Gasteiger charge is -1.99. The van der Waals surface area contributed by atoms with Crippen LogP contribution in [0.5, 0.6) is 0 Å². The number of carbonyl (C=O) groups is 1. The smallest absolute Gasteiger partial charge is 0.251 e. The Hall–Kier alpha value is -1.57. The van der Waals surface area contributed by atoms with Crippen molar-refractivity contribution in [1.29, 1.82) is 0 Å². The van der Waals surface area contributed by atoms with Crippen LogP contribution in [0.3, 0.4) is 0 Å². The van der Waals surface area contributed by atoms with Crippen molar-refractivity contribution in [2.45, 2.75) is 19.4 Å². The van der Waals surface area contributed by atoms with Gasteiger partial charge < -0.3 is 4.57 Å². The van der Waals surface area contributed by atoms with Crippen molar-refractivity contribution < 1.29 is 4.79 Å². The van der Waals surface area contributed by atoms with Gasteiger partial charge in [-0.2, -0.15) is 4.99 Å². The third-order valence-electron chi connectivity index (χ3n) is 3.03. The number of terminal acetylenes is 1. The molecule has 2 aromatic rings. The fraction of sp³-hybridized carbons (Fsp3) is 0.286. The third-order valence-corrected chi connectivity index (χ3v) is 4.30. The number of thiazole rings is 1. The van der Waals surface area contributed by atoms with Crippen LogP contribution in [0.1, 0.15) is 12.8 Å². The number of benzene rings is 1. The van der Waals surface area contributed by atoms with Crippen LogP contribution >= 0.6 is 22.9 Å². The van der Waals surface area contributed by atoms with Crippen LogP contribution in [0.25, 0.3) is 10.2 Å². The van der Waals surface area contributed by atoms with E-state index in [2.05, 4.69) is 10.9 Å². The van der Waals surface area contributed by atoms with E-state index < -0.39 is 0 Å². The number of rotatable bonds is 2. The molecule has 1 aromatic carbocycles. The fourth-order valence-corrected chi connectivity index (χ4v) is 3.20. The number of amides is 1. The highest BCUT2D eigenvalue weighted by Crippen LogP contribution is 2.30. The number of carbonyl (C=O) groups excluding carboxylic acids is 1. The number of halogens is 1. The Morgan fingerprint density at radius 1 is 1.58 bits per heavy atom. The van der Waals surface area contributed by atoms with Crippen LogP contribution < -0.4 is 4.80 Å². The highest BCUT2D eigenvalue weighted by Gasteiger charge is 2.29. The van der Waals surface area contributed by atoms with Crippen molar-refractivity contribution in [2.24, 2.45) is 10.9 Å². The molecule has 0 N–H and O–H groups in total. The van der Waals surface area contributed by atoms with Crippen molar-refractivity contribution >= 4 is 39.1 Å². The molecule has 3 nitrogen and oxygen atoms in total. The average Bonchev–Trinajstić information content (AvgIpc) is 3.16. The fourth-order valence-electron chi connectivity index (χ4n) is 1.89. The molecule has 1 aromatic heterocycles. The molecule has 0 radical (unpaired) electrons. The van der Waals surface area contributed by atoms with Crippen LogP contribution in [-0.4, -0.2) is 10.5 Å². The predicted molar refractivity (Wildman–Crippen MR) is 77.0 cm³/mol. The van der Waals surface area contributed by atoms with E-state index in [1.54, 1.807) is 0 Å². The van der Waals surface area contributed by atoms with Crippen molar-refractivity contribution in [3.8, 4) is 12.3 Å². The van der Waals surface area contributed by atoms with Gasteiger partial charge in [-0.05, 0) is 31.0 Å². The van der Waals surface area contributed by atoms with Crippen LogP contribution in [0.4, 0.5) is 0 Å². The van der Waals surface area contributed by atoms with Crippen LogP contribution in [0.15, 0.2) is 23.2 Å². The zero-order chi connectivity index (χ0) is 13.4. The summed E-state index contributed by atoms with van der Waals surface area (Å²) in [5.74, 6) is 2.68. The monoisotopic (exact) mass is 290 g/mol. The molecule has 1 aliphatic carbocycles. The summed E-state index contributed by atoms with van der Waals surface area (Å²) in [7, 11) is 0. The quantitative estimate of drug-likeness (QED) is 0.783. The second-order valence-electron chi connectivity index (χ2n) is 4.51. The summed E-state index contributed by atoms with van der Waals surface area (Å²) < 4.78 is 2.88. The topological polar surface area (TPSA) is 34.4 Å². The maximum absolute atomic E-state index is 11.8. The Balaban J connectivity index is 2.19. The molecule has 1 aliphatic rings. The molecular weight excluding hydrogens is 280 g/mol. The van der Waals surface area contributed by atoms with Crippen molar-refractivity contribution in [1.82, 2.24) is 4.57 Å². The van der Waals surface area contributed by atoms with Gasteiger partial charge in [-0.15, -0.1) is 6.42 Å². The maximum atomic E-state index is 11.8. The minimum absolute atomic E-state index is 0.0385. The summed E-state index contributed by atoms with van der Waals surface area (Å²) >= 11 is 7.43. The van der Waals surface area contributed by atoms with Gasteiger partial charge in [-0.3, -0.25) is 4.79 Å². The van der Waals surface area contributed by atoms with Gasteiger partial charge in [-0.1, -0.05) is 28.9 Å². The standard InChI is InChI=1S/C14H11ClN2OS/c1-2-7-17-11-6-5-10(15)8-12(11)19-14(17)16-13(18)9-3-4-9/h1,5-6,8-9H,3-4,7H2. The highest BCUT2D eigenvalue weighted by molar-refractivity contribution is 7.16. The average molecular weight is 291 g/mol. The van der Waals surface area contributed by atoms with E-state index in [-0.39, 0.29) is 11.8 Å². The van der Waals surface area contributed by atoms with E-state index in [1.807, 2.05) is 22.8 Å². The molecule has 0 aliphatic heterocycles. The molecule has 1 saturated carbocycles. The molecule has 1 heterocycles. The van der Waals surface area contributed by atoms with Gasteiger partial charge in [0.1, 0.15) is 0 Å². The summed E-state index contributed by atoms with van der Waals surface area (Å²) in [5, 5.41) is 0.668. The predicted octanol–water partition coefficient (Wildman–Crippen LogP) is 2.83. The first-order valence-electron chi connectivity index (χ1n) is 6.00. The first kappa shape index (κ1) is 12.5. The molecule has 19 heavy (non-hydrogen) atoms. The lowest BCUT2D eigenvalue weighted by molar-refractivity contribution is -0.119. The molecule has 0 atom stereocenters. The summed E-state index contributed by atoms with van der Waals surface area (Å²) in [6.45, 7) is 0.401. The van der Waals surface area contributed by atoms with Crippen LogP contribution in [0, 0.1) is 18.3 Å². The van der Waals surface area contributed by atoms with E-state index in [0.717, 1.165) is 23.1 Å². The summed E-state index contributed by atoms with van der Waals surface area (Å²) in [5.41, 5.74) is 0.967. The Kier molecular flexibility index (Phi) is 3.17. The molecule has 1 amide bonds. The zero-order valence-corrected chi connectivity index (χ0v) is 11.7. The SMILES string of the molecule is C#CCn1c(=NC(=O)C2CC2)sc2cc(Cl)ccc21. The molecule has 3 rings (SSSR count). The number of fused-ring (bicyclic) bond motifs is 1. The largest absolute Gasteiger partial charge is 0.305 e. The summed E-state index contributed by atoms with van der Waals surface area (Å²) in [6, 6.07) is 5.59. The lowest BCUT2D eigenvalue weighted by Crippen LogP contribution is -2.16. The molecule has 0 saturated heterocycles. The van der Waals surface area contributed by atoms with Gasteiger partial charge in [0.25, 0.3) is 5.91 Å². The van der Waals surface area contributed by atoms with Gasteiger partial charge >= 0.3 is 0 Å². The number of aromatic nitrogens is 1.